The Kier molecular flexibility index (Phi) is 4.68. The summed E-state index contributed by atoms with van der Waals surface area (Å²) in [5.41, 5.74) is 1.69. The van der Waals surface area contributed by atoms with Gasteiger partial charge in [-0.2, -0.15) is 4.80 Å². The fraction of sp³-hybridized carbons (Fsp3) is 0.167. The van der Waals surface area contributed by atoms with Crippen LogP contribution in [0.5, 0.6) is 5.75 Å². The summed E-state index contributed by atoms with van der Waals surface area (Å²) in [7, 11) is 1.62. The Bertz CT molecular complexity index is 1040. The van der Waals surface area contributed by atoms with E-state index in [1.165, 1.54) is 4.80 Å². The van der Waals surface area contributed by atoms with Crippen molar-refractivity contribution in [3.63, 3.8) is 0 Å². The molecule has 2 aromatic heterocycles. The second-order valence-corrected chi connectivity index (χ2v) is 6.71. The predicted molar refractivity (Wildman–Crippen MR) is 101 cm³/mol. The minimum absolute atomic E-state index is 0.346. The van der Waals surface area contributed by atoms with Crippen LogP contribution >= 0.6 is 15.9 Å². The lowest BCUT2D eigenvalue weighted by Crippen LogP contribution is -2.11. The van der Waals surface area contributed by atoms with Crippen LogP contribution in [-0.2, 0) is 0 Å². The highest BCUT2D eigenvalue weighted by molar-refractivity contribution is 9.10. The fourth-order valence-electron chi connectivity index (χ4n) is 2.46. The van der Waals surface area contributed by atoms with Crippen molar-refractivity contribution in [2.75, 3.05) is 7.11 Å². The van der Waals surface area contributed by atoms with Crippen LogP contribution in [0.25, 0.3) is 22.8 Å². The minimum atomic E-state index is -0.346. The zero-order chi connectivity index (χ0) is 18.8. The lowest BCUT2D eigenvalue weighted by atomic mass is 10.2. The van der Waals surface area contributed by atoms with Gasteiger partial charge < -0.3 is 9.15 Å². The molecule has 136 valence electrons. The highest BCUT2D eigenvalue weighted by atomic mass is 79.9. The third kappa shape index (κ3) is 3.59. The molecule has 2 heterocycles. The van der Waals surface area contributed by atoms with E-state index in [4.69, 9.17) is 9.15 Å². The van der Waals surface area contributed by atoms with Crippen molar-refractivity contribution in [3.8, 4) is 28.6 Å². The van der Waals surface area contributed by atoms with E-state index in [1.807, 2.05) is 55.5 Å². The number of rotatable bonds is 5. The molecule has 0 aliphatic heterocycles. The van der Waals surface area contributed by atoms with Gasteiger partial charge in [0.25, 0.3) is 0 Å². The Hall–Kier alpha value is -3.07. The van der Waals surface area contributed by atoms with Crippen LogP contribution in [0.4, 0.5) is 0 Å². The maximum absolute atomic E-state index is 5.79. The van der Waals surface area contributed by atoms with E-state index >= 15 is 0 Å². The molecule has 4 aromatic rings. The molecule has 9 heteroatoms. The van der Waals surface area contributed by atoms with Crippen LogP contribution in [0, 0.1) is 0 Å². The molecule has 0 aliphatic carbocycles. The summed E-state index contributed by atoms with van der Waals surface area (Å²) in [6.07, 6.45) is 0. The molecule has 0 saturated heterocycles. The van der Waals surface area contributed by atoms with Crippen LogP contribution in [-0.4, -0.2) is 37.5 Å². The fourth-order valence-corrected chi connectivity index (χ4v) is 2.72. The van der Waals surface area contributed by atoms with Gasteiger partial charge in [-0.3, -0.25) is 0 Å². The van der Waals surface area contributed by atoms with Crippen molar-refractivity contribution in [2.45, 2.75) is 13.0 Å². The van der Waals surface area contributed by atoms with E-state index < -0.39 is 0 Å². The molecule has 2 aromatic carbocycles. The molecule has 0 aliphatic rings. The molecular formula is C18H15BrN6O2. The van der Waals surface area contributed by atoms with Crippen molar-refractivity contribution >= 4 is 15.9 Å². The van der Waals surface area contributed by atoms with Crippen LogP contribution in [0.1, 0.15) is 18.9 Å². The number of ether oxygens (including phenoxy) is 1. The number of aromatic nitrogens is 6. The van der Waals surface area contributed by atoms with Gasteiger partial charge in [-0.1, -0.05) is 15.9 Å². The zero-order valence-corrected chi connectivity index (χ0v) is 16.2. The first-order valence-corrected chi connectivity index (χ1v) is 8.96. The maximum atomic E-state index is 5.79. The summed E-state index contributed by atoms with van der Waals surface area (Å²) in [5, 5.41) is 20.9. The molecule has 27 heavy (non-hydrogen) atoms. The molecule has 0 saturated carbocycles. The van der Waals surface area contributed by atoms with Gasteiger partial charge >= 0.3 is 0 Å². The second kappa shape index (κ2) is 7.28. The molecule has 0 spiro atoms. The number of halogens is 1. The molecule has 1 atom stereocenters. The number of hydrogen-bond acceptors (Lipinski definition) is 7. The highest BCUT2D eigenvalue weighted by Crippen LogP contribution is 2.24. The summed E-state index contributed by atoms with van der Waals surface area (Å²) >= 11 is 3.41. The maximum Gasteiger partial charge on any atom is 0.247 e. The number of benzene rings is 2. The van der Waals surface area contributed by atoms with Crippen molar-refractivity contribution in [1.82, 2.24) is 30.4 Å². The van der Waals surface area contributed by atoms with Crippen molar-refractivity contribution in [3.05, 3.63) is 58.9 Å². The van der Waals surface area contributed by atoms with E-state index in [1.54, 1.807) is 7.11 Å². The van der Waals surface area contributed by atoms with Gasteiger partial charge in [0.05, 0.1) is 7.11 Å². The smallest absolute Gasteiger partial charge is 0.247 e. The summed E-state index contributed by atoms with van der Waals surface area (Å²) < 4.78 is 11.9. The second-order valence-electron chi connectivity index (χ2n) is 5.79. The van der Waals surface area contributed by atoms with Gasteiger partial charge in [-0.15, -0.1) is 20.4 Å². The number of hydrogen-bond donors (Lipinski definition) is 0. The van der Waals surface area contributed by atoms with Gasteiger partial charge in [0.15, 0.2) is 0 Å². The highest BCUT2D eigenvalue weighted by Gasteiger charge is 2.20. The Balaban J connectivity index is 1.55. The average molecular weight is 427 g/mol. The van der Waals surface area contributed by atoms with Crippen molar-refractivity contribution in [2.24, 2.45) is 0 Å². The quantitative estimate of drug-likeness (QED) is 0.479. The standard InChI is InChI=1S/C18H15BrN6O2/c1-11(25-23-16(20-24-25)12-3-7-14(19)8-4-12)17-21-22-18(27-17)13-5-9-15(26-2)10-6-13/h3-11H,1-2H3. The summed E-state index contributed by atoms with van der Waals surface area (Å²) in [5.74, 6) is 2.12. The Morgan fingerprint density at radius 3 is 2.37 bits per heavy atom. The van der Waals surface area contributed by atoms with Crippen molar-refractivity contribution in [1.29, 1.82) is 0 Å². The van der Waals surface area contributed by atoms with Gasteiger partial charge in [0.2, 0.25) is 17.6 Å². The average Bonchev–Trinajstić information content (AvgIpc) is 3.38. The van der Waals surface area contributed by atoms with Gasteiger partial charge in [0.1, 0.15) is 11.8 Å². The normalized spacial score (nSPS) is 12.1. The number of nitrogens with zero attached hydrogens (tertiary/aromatic N) is 6. The number of tetrazole rings is 1. The molecule has 4 rings (SSSR count). The van der Waals surface area contributed by atoms with Crippen LogP contribution in [0.3, 0.4) is 0 Å². The molecule has 1 unspecified atom stereocenters. The zero-order valence-electron chi connectivity index (χ0n) is 14.6. The molecule has 0 fully saturated rings. The van der Waals surface area contributed by atoms with Crippen molar-refractivity contribution < 1.29 is 9.15 Å². The van der Waals surface area contributed by atoms with Gasteiger partial charge in [-0.05, 0) is 60.7 Å². The molecule has 0 bridgehead atoms. The first kappa shape index (κ1) is 17.3. The predicted octanol–water partition coefficient (Wildman–Crippen LogP) is 3.77. The van der Waals surface area contributed by atoms with Gasteiger partial charge in [0, 0.05) is 15.6 Å². The molecular weight excluding hydrogens is 412 g/mol. The van der Waals surface area contributed by atoms with E-state index in [-0.39, 0.29) is 6.04 Å². The molecule has 0 amide bonds. The topological polar surface area (TPSA) is 91.8 Å². The van der Waals surface area contributed by atoms with Crippen LogP contribution in [0.2, 0.25) is 0 Å². The largest absolute Gasteiger partial charge is 0.497 e. The Morgan fingerprint density at radius 2 is 1.67 bits per heavy atom. The third-order valence-electron chi connectivity index (χ3n) is 4.01. The van der Waals surface area contributed by atoms with E-state index in [2.05, 4.69) is 41.5 Å². The lowest BCUT2D eigenvalue weighted by Gasteiger charge is -2.03. The SMILES string of the molecule is COc1ccc(-c2nnc(C(C)n3nnc(-c4ccc(Br)cc4)n3)o2)cc1. The third-order valence-corrected chi connectivity index (χ3v) is 4.54. The minimum Gasteiger partial charge on any atom is -0.497 e. The first-order valence-electron chi connectivity index (χ1n) is 8.17. The summed E-state index contributed by atoms with van der Waals surface area (Å²) in [6, 6.07) is 14.8. The monoisotopic (exact) mass is 426 g/mol. The Labute approximate surface area is 163 Å². The molecule has 0 radical (unpaired) electrons. The summed E-state index contributed by atoms with van der Waals surface area (Å²) in [6.45, 7) is 1.87. The first-order chi connectivity index (χ1) is 13.1. The van der Waals surface area contributed by atoms with E-state index in [0.717, 1.165) is 21.3 Å². The summed E-state index contributed by atoms with van der Waals surface area (Å²) in [4.78, 5) is 1.46. The van der Waals surface area contributed by atoms with E-state index in [0.29, 0.717) is 17.6 Å². The van der Waals surface area contributed by atoms with Gasteiger partial charge in [-0.25, -0.2) is 0 Å². The van der Waals surface area contributed by atoms with E-state index in [9.17, 15) is 0 Å². The molecule has 8 nitrogen and oxygen atoms in total. The van der Waals surface area contributed by atoms with Crippen LogP contribution < -0.4 is 4.74 Å². The molecule has 0 N–H and O–H groups in total. The lowest BCUT2D eigenvalue weighted by molar-refractivity contribution is 0.382. The Morgan fingerprint density at radius 1 is 0.963 bits per heavy atom. The van der Waals surface area contributed by atoms with Crippen LogP contribution in [0.15, 0.2) is 57.4 Å². The number of methoxy groups -OCH3 is 1.